The topological polar surface area (TPSA) is 74.8 Å². The maximum Gasteiger partial charge on any atom is 0.0607 e. The molecule has 4 heteroatoms. The molecule has 1 rings (SSSR count). The standard InChI is InChI=1S/C8H10N4/c1-5-3-4-7(11-12-10)8(9)6(5)2/h3-4H,9H2,1-2H3. The van der Waals surface area contributed by atoms with Gasteiger partial charge in [0.25, 0.3) is 0 Å². The van der Waals surface area contributed by atoms with Gasteiger partial charge in [0, 0.05) is 10.6 Å². The van der Waals surface area contributed by atoms with E-state index in [2.05, 4.69) is 10.0 Å². The first-order chi connectivity index (χ1) is 5.66. The van der Waals surface area contributed by atoms with Crippen LogP contribution in [0.25, 0.3) is 10.4 Å². The Morgan fingerprint density at radius 3 is 2.67 bits per heavy atom. The van der Waals surface area contributed by atoms with E-state index in [9.17, 15) is 0 Å². The highest BCUT2D eigenvalue weighted by atomic mass is 15.1. The number of nitrogens with two attached hydrogens (primary N) is 1. The van der Waals surface area contributed by atoms with Gasteiger partial charge in [-0.05, 0) is 30.5 Å². The molecule has 1 aromatic rings. The second-order valence-corrected chi connectivity index (χ2v) is 2.63. The van der Waals surface area contributed by atoms with Crippen LogP contribution in [0.5, 0.6) is 0 Å². The van der Waals surface area contributed by atoms with Crippen LogP contribution >= 0.6 is 0 Å². The number of nitrogen functional groups attached to an aromatic ring is 1. The minimum atomic E-state index is 0.501. The van der Waals surface area contributed by atoms with Crippen molar-refractivity contribution in [3.8, 4) is 0 Å². The number of anilines is 1. The van der Waals surface area contributed by atoms with Gasteiger partial charge in [0.05, 0.1) is 5.69 Å². The summed E-state index contributed by atoms with van der Waals surface area (Å²) in [6.45, 7) is 3.87. The van der Waals surface area contributed by atoms with Gasteiger partial charge in [-0.25, -0.2) is 0 Å². The lowest BCUT2D eigenvalue weighted by atomic mass is 10.1. The summed E-state index contributed by atoms with van der Waals surface area (Å²) in [6.07, 6.45) is 0. The van der Waals surface area contributed by atoms with Crippen LogP contribution in [0.2, 0.25) is 0 Å². The Bertz CT molecular complexity index is 350. The molecule has 4 nitrogen and oxygen atoms in total. The van der Waals surface area contributed by atoms with Crippen molar-refractivity contribution in [3.63, 3.8) is 0 Å². The summed E-state index contributed by atoms with van der Waals surface area (Å²) in [7, 11) is 0. The van der Waals surface area contributed by atoms with Crippen molar-refractivity contribution >= 4 is 11.4 Å². The Morgan fingerprint density at radius 2 is 2.08 bits per heavy atom. The Hall–Kier alpha value is -1.67. The van der Waals surface area contributed by atoms with E-state index in [0.717, 1.165) is 11.1 Å². The molecule has 62 valence electrons. The van der Waals surface area contributed by atoms with Crippen LogP contribution in [0.15, 0.2) is 17.2 Å². The maximum absolute atomic E-state index is 8.21. The number of hydrogen-bond donors (Lipinski definition) is 1. The van der Waals surface area contributed by atoms with E-state index < -0.39 is 0 Å². The molecule has 0 fully saturated rings. The smallest absolute Gasteiger partial charge is 0.0607 e. The number of azide groups is 1. The van der Waals surface area contributed by atoms with Gasteiger partial charge in [-0.2, -0.15) is 0 Å². The molecular formula is C8H10N4. The highest BCUT2D eigenvalue weighted by molar-refractivity contribution is 5.68. The summed E-state index contributed by atoms with van der Waals surface area (Å²) in [4.78, 5) is 2.68. The van der Waals surface area contributed by atoms with E-state index in [1.807, 2.05) is 19.9 Å². The van der Waals surface area contributed by atoms with Gasteiger partial charge in [0.15, 0.2) is 0 Å². The summed E-state index contributed by atoms with van der Waals surface area (Å²) < 4.78 is 0. The molecule has 0 saturated heterocycles. The molecule has 1 aromatic carbocycles. The monoisotopic (exact) mass is 162 g/mol. The Morgan fingerprint density at radius 1 is 1.42 bits per heavy atom. The van der Waals surface area contributed by atoms with Gasteiger partial charge in [0.1, 0.15) is 0 Å². The van der Waals surface area contributed by atoms with Crippen LogP contribution in [0, 0.1) is 13.8 Å². The van der Waals surface area contributed by atoms with Gasteiger partial charge in [-0.1, -0.05) is 17.2 Å². The van der Waals surface area contributed by atoms with Crippen LogP contribution in [0.1, 0.15) is 11.1 Å². The van der Waals surface area contributed by atoms with Crippen LogP contribution in [0.4, 0.5) is 11.4 Å². The van der Waals surface area contributed by atoms with Crippen molar-refractivity contribution in [2.45, 2.75) is 13.8 Å². The third-order valence-electron chi connectivity index (χ3n) is 1.92. The van der Waals surface area contributed by atoms with Crippen molar-refractivity contribution in [2.75, 3.05) is 5.73 Å². The molecule has 0 bridgehead atoms. The largest absolute Gasteiger partial charge is 0.398 e. The summed E-state index contributed by atoms with van der Waals surface area (Å²) in [5, 5.41) is 3.46. The zero-order valence-electron chi connectivity index (χ0n) is 7.07. The Balaban J connectivity index is 3.35. The predicted octanol–water partition coefficient (Wildman–Crippen LogP) is 2.83. The van der Waals surface area contributed by atoms with Crippen LogP contribution < -0.4 is 5.73 Å². The number of hydrogen-bond acceptors (Lipinski definition) is 2. The fourth-order valence-electron chi connectivity index (χ4n) is 0.959. The highest BCUT2D eigenvalue weighted by Crippen LogP contribution is 2.27. The van der Waals surface area contributed by atoms with Gasteiger partial charge < -0.3 is 5.73 Å². The third-order valence-corrected chi connectivity index (χ3v) is 1.92. The normalized spacial score (nSPS) is 9.17. The van der Waals surface area contributed by atoms with Crippen LogP contribution in [-0.4, -0.2) is 0 Å². The molecule has 0 aliphatic rings. The van der Waals surface area contributed by atoms with Gasteiger partial charge in [-0.3, -0.25) is 0 Å². The first-order valence-corrected chi connectivity index (χ1v) is 3.57. The molecule has 0 heterocycles. The molecular weight excluding hydrogens is 152 g/mol. The molecule has 0 aliphatic heterocycles. The second kappa shape index (κ2) is 3.15. The second-order valence-electron chi connectivity index (χ2n) is 2.63. The summed E-state index contributed by atoms with van der Waals surface area (Å²) in [5.74, 6) is 0. The number of rotatable bonds is 1. The SMILES string of the molecule is Cc1ccc(N=[N+]=[N-])c(N)c1C. The predicted molar refractivity (Wildman–Crippen MR) is 49.1 cm³/mol. The highest BCUT2D eigenvalue weighted by Gasteiger charge is 2.01. The van der Waals surface area contributed by atoms with Crippen molar-refractivity contribution < 1.29 is 0 Å². The van der Waals surface area contributed by atoms with Crippen LogP contribution in [-0.2, 0) is 0 Å². The molecule has 12 heavy (non-hydrogen) atoms. The minimum Gasteiger partial charge on any atom is -0.398 e. The van der Waals surface area contributed by atoms with E-state index >= 15 is 0 Å². The third kappa shape index (κ3) is 1.33. The van der Waals surface area contributed by atoms with Crippen molar-refractivity contribution in [1.82, 2.24) is 0 Å². The van der Waals surface area contributed by atoms with Crippen molar-refractivity contribution in [2.24, 2.45) is 5.11 Å². The fraction of sp³-hybridized carbons (Fsp3) is 0.250. The maximum atomic E-state index is 8.21. The van der Waals surface area contributed by atoms with E-state index in [0.29, 0.717) is 11.4 Å². The lowest BCUT2D eigenvalue weighted by Gasteiger charge is -2.05. The van der Waals surface area contributed by atoms with Gasteiger partial charge in [0.2, 0.25) is 0 Å². The van der Waals surface area contributed by atoms with Crippen LogP contribution in [0.3, 0.4) is 0 Å². The summed E-state index contributed by atoms with van der Waals surface area (Å²) in [6, 6.07) is 3.60. The van der Waals surface area contributed by atoms with Gasteiger partial charge in [-0.15, -0.1) is 0 Å². The number of nitrogens with zero attached hydrogens (tertiary/aromatic N) is 3. The first-order valence-electron chi connectivity index (χ1n) is 3.57. The minimum absolute atomic E-state index is 0.501. The summed E-state index contributed by atoms with van der Waals surface area (Å²) in [5.41, 5.74) is 17.0. The number of aryl methyl sites for hydroxylation is 1. The quantitative estimate of drug-likeness (QED) is 0.293. The van der Waals surface area contributed by atoms with E-state index in [-0.39, 0.29) is 0 Å². The molecule has 2 N–H and O–H groups in total. The lowest BCUT2D eigenvalue weighted by Crippen LogP contribution is -1.91. The lowest BCUT2D eigenvalue weighted by molar-refractivity contribution is 1.32. The molecule has 0 aromatic heterocycles. The number of benzene rings is 1. The van der Waals surface area contributed by atoms with Crippen molar-refractivity contribution in [1.29, 1.82) is 0 Å². The fourth-order valence-corrected chi connectivity index (χ4v) is 0.959. The average molecular weight is 162 g/mol. The Kier molecular flexibility index (Phi) is 2.21. The van der Waals surface area contributed by atoms with E-state index in [4.69, 9.17) is 11.3 Å². The zero-order chi connectivity index (χ0) is 9.14. The molecule has 0 aliphatic carbocycles. The van der Waals surface area contributed by atoms with E-state index in [1.165, 1.54) is 0 Å². The van der Waals surface area contributed by atoms with Gasteiger partial charge >= 0.3 is 0 Å². The zero-order valence-corrected chi connectivity index (χ0v) is 7.07. The molecule has 0 spiro atoms. The molecule has 0 atom stereocenters. The molecule has 0 radical (unpaired) electrons. The average Bonchev–Trinajstić information content (AvgIpc) is 2.07. The Labute approximate surface area is 70.6 Å². The summed E-state index contributed by atoms with van der Waals surface area (Å²) >= 11 is 0. The van der Waals surface area contributed by atoms with E-state index in [1.54, 1.807) is 6.07 Å². The first kappa shape index (κ1) is 8.43. The van der Waals surface area contributed by atoms with Crippen molar-refractivity contribution in [3.05, 3.63) is 33.7 Å². The molecule has 0 unspecified atom stereocenters. The molecule has 0 saturated carbocycles. The molecule has 0 amide bonds.